The lowest BCUT2D eigenvalue weighted by atomic mass is 10.1. The second-order valence-corrected chi connectivity index (χ2v) is 4.59. The third kappa shape index (κ3) is 3.12. The second kappa shape index (κ2) is 5.91. The van der Waals surface area contributed by atoms with Gasteiger partial charge in [0.15, 0.2) is 0 Å². The van der Waals surface area contributed by atoms with Gasteiger partial charge in [-0.1, -0.05) is 18.2 Å². The minimum absolute atomic E-state index is 0.154. The monoisotopic (exact) mass is 251 g/mol. The van der Waals surface area contributed by atoms with Crippen LogP contribution in [0.15, 0.2) is 41.8 Å². The maximum atomic E-state index is 12.9. The van der Waals surface area contributed by atoms with Crippen molar-refractivity contribution in [2.75, 3.05) is 13.2 Å². The lowest BCUT2D eigenvalue weighted by molar-refractivity contribution is 0.0888. The Morgan fingerprint density at radius 2 is 2.00 bits per heavy atom. The summed E-state index contributed by atoms with van der Waals surface area (Å²) in [6.45, 7) is 0.961. The molecular weight excluding hydrogens is 237 g/mol. The number of hydrogen-bond donors (Lipinski definition) is 1. The minimum atomic E-state index is -0.238. The van der Waals surface area contributed by atoms with E-state index in [2.05, 4.69) is 0 Å². The molecule has 90 valence electrons. The fraction of sp³-hybridized carbons (Fsp3) is 0.231. The first-order chi connectivity index (χ1) is 8.31. The van der Waals surface area contributed by atoms with Gasteiger partial charge >= 0.3 is 0 Å². The molecule has 0 saturated carbocycles. The standard InChI is InChI=1S/C13H14FNOS/c14-11-5-3-10(4-6-11)13(16-8-7-15)12-2-1-9-17-12/h1-6,9,13H,7-8,15H2. The molecule has 0 spiro atoms. The molecule has 0 fully saturated rings. The van der Waals surface area contributed by atoms with Crippen molar-refractivity contribution >= 4 is 11.3 Å². The smallest absolute Gasteiger partial charge is 0.123 e. The average Bonchev–Trinajstić information content (AvgIpc) is 2.85. The molecule has 2 rings (SSSR count). The lowest BCUT2D eigenvalue weighted by Crippen LogP contribution is -2.13. The van der Waals surface area contributed by atoms with Crippen LogP contribution in [0.3, 0.4) is 0 Å². The summed E-state index contributed by atoms with van der Waals surface area (Å²) in [6, 6.07) is 10.4. The highest BCUT2D eigenvalue weighted by Gasteiger charge is 2.15. The number of nitrogens with two attached hydrogens (primary N) is 1. The SMILES string of the molecule is NCCOC(c1ccc(F)cc1)c1cccs1. The molecule has 0 aliphatic carbocycles. The number of hydrogen-bond acceptors (Lipinski definition) is 3. The Morgan fingerprint density at radius 3 is 2.59 bits per heavy atom. The first-order valence-electron chi connectivity index (χ1n) is 5.42. The average molecular weight is 251 g/mol. The Hall–Kier alpha value is -1.23. The van der Waals surface area contributed by atoms with Gasteiger partial charge in [0.2, 0.25) is 0 Å². The largest absolute Gasteiger partial charge is 0.367 e. The molecule has 1 heterocycles. The molecule has 0 amide bonds. The zero-order valence-electron chi connectivity index (χ0n) is 9.30. The highest BCUT2D eigenvalue weighted by molar-refractivity contribution is 7.10. The van der Waals surface area contributed by atoms with Crippen LogP contribution in [0.25, 0.3) is 0 Å². The van der Waals surface area contributed by atoms with E-state index in [1.165, 1.54) is 12.1 Å². The molecular formula is C13H14FNOS. The Balaban J connectivity index is 2.23. The van der Waals surface area contributed by atoms with Gasteiger partial charge in [-0.2, -0.15) is 0 Å². The zero-order valence-corrected chi connectivity index (χ0v) is 10.1. The Labute approximate surface area is 104 Å². The summed E-state index contributed by atoms with van der Waals surface area (Å²) in [6.07, 6.45) is -0.154. The molecule has 17 heavy (non-hydrogen) atoms. The van der Waals surface area contributed by atoms with Crippen LogP contribution in [0.1, 0.15) is 16.5 Å². The summed E-state index contributed by atoms with van der Waals surface area (Å²) in [5.74, 6) is -0.238. The molecule has 0 radical (unpaired) electrons. The van der Waals surface area contributed by atoms with Crippen molar-refractivity contribution in [3.8, 4) is 0 Å². The molecule has 2 aromatic rings. The highest BCUT2D eigenvalue weighted by Crippen LogP contribution is 2.29. The molecule has 0 saturated heterocycles. The van der Waals surface area contributed by atoms with Gasteiger partial charge in [-0.3, -0.25) is 0 Å². The van der Waals surface area contributed by atoms with E-state index in [-0.39, 0.29) is 11.9 Å². The van der Waals surface area contributed by atoms with E-state index in [1.807, 2.05) is 17.5 Å². The predicted molar refractivity (Wildman–Crippen MR) is 67.6 cm³/mol. The maximum Gasteiger partial charge on any atom is 0.123 e. The molecule has 1 aromatic heterocycles. The summed E-state index contributed by atoms with van der Waals surface area (Å²) in [5, 5.41) is 2.00. The number of thiophene rings is 1. The van der Waals surface area contributed by atoms with Crippen molar-refractivity contribution < 1.29 is 9.13 Å². The van der Waals surface area contributed by atoms with Gasteiger partial charge in [-0.05, 0) is 29.1 Å². The Morgan fingerprint density at radius 1 is 1.24 bits per heavy atom. The first kappa shape index (κ1) is 12.2. The van der Waals surface area contributed by atoms with E-state index in [0.29, 0.717) is 13.2 Å². The highest BCUT2D eigenvalue weighted by atomic mass is 32.1. The van der Waals surface area contributed by atoms with E-state index >= 15 is 0 Å². The molecule has 2 N–H and O–H groups in total. The number of ether oxygens (including phenoxy) is 1. The number of benzene rings is 1. The van der Waals surface area contributed by atoms with Crippen LogP contribution in [0.2, 0.25) is 0 Å². The van der Waals surface area contributed by atoms with Crippen LogP contribution in [0.5, 0.6) is 0 Å². The third-order valence-corrected chi connectivity index (χ3v) is 3.29. The van der Waals surface area contributed by atoms with Crippen molar-refractivity contribution in [2.45, 2.75) is 6.10 Å². The van der Waals surface area contributed by atoms with Gasteiger partial charge in [0.05, 0.1) is 6.61 Å². The molecule has 2 nitrogen and oxygen atoms in total. The molecule has 4 heteroatoms. The molecule has 0 aliphatic heterocycles. The quantitative estimate of drug-likeness (QED) is 0.886. The summed E-state index contributed by atoms with van der Waals surface area (Å²) in [7, 11) is 0. The molecule has 0 bridgehead atoms. The van der Waals surface area contributed by atoms with Crippen molar-refractivity contribution in [1.82, 2.24) is 0 Å². The Kier molecular flexibility index (Phi) is 4.25. The van der Waals surface area contributed by atoms with Crippen LogP contribution < -0.4 is 5.73 Å². The summed E-state index contributed by atoms with van der Waals surface area (Å²) in [4.78, 5) is 1.10. The van der Waals surface area contributed by atoms with E-state index in [1.54, 1.807) is 23.5 Å². The fourth-order valence-electron chi connectivity index (χ4n) is 1.61. The minimum Gasteiger partial charge on any atom is -0.367 e. The van der Waals surface area contributed by atoms with Crippen molar-refractivity contribution in [3.63, 3.8) is 0 Å². The van der Waals surface area contributed by atoms with Crippen molar-refractivity contribution in [2.24, 2.45) is 5.73 Å². The van der Waals surface area contributed by atoms with Crippen LogP contribution in [0, 0.1) is 5.82 Å². The van der Waals surface area contributed by atoms with Crippen LogP contribution >= 0.6 is 11.3 Å². The van der Waals surface area contributed by atoms with E-state index in [0.717, 1.165) is 10.4 Å². The normalized spacial score (nSPS) is 12.6. The van der Waals surface area contributed by atoms with Gasteiger partial charge in [-0.15, -0.1) is 11.3 Å². The first-order valence-corrected chi connectivity index (χ1v) is 6.30. The van der Waals surface area contributed by atoms with E-state index in [9.17, 15) is 4.39 Å². The third-order valence-electron chi connectivity index (χ3n) is 2.38. The van der Waals surface area contributed by atoms with E-state index < -0.39 is 0 Å². The summed E-state index contributed by atoms with van der Waals surface area (Å²) >= 11 is 1.62. The van der Waals surface area contributed by atoms with Crippen molar-refractivity contribution in [3.05, 3.63) is 58.0 Å². The van der Waals surface area contributed by atoms with Crippen LogP contribution in [-0.4, -0.2) is 13.2 Å². The van der Waals surface area contributed by atoms with Gasteiger partial charge in [0, 0.05) is 11.4 Å². The number of rotatable bonds is 5. The predicted octanol–water partition coefficient (Wildman–Crippen LogP) is 2.95. The summed E-state index contributed by atoms with van der Waals surface area (Å²) in [5.41, 5.74) is 6.40. The molecule has 1 aromatic carbocycles. The van der Waals surface area contributed by atoms with Crippen LogP contribution in [0.4, 0.5) is 4.39 Å². The lowest BCUT2D eigenvalue weighted by Gasteiger charge is -2.16. The second-order valence-electron chi connectivity index (χ2n) is 3.61. The van der Waals surface area contributed by atoms with Gasteiger partial charge in [-0.25, -0.2) is 4.39 Å². The molecule has 1 unspecified atom stereocenters. The topological polar surface area (TPSA) is 35.2 Å². The van der Waals surface area contributed by atoms with E-state index in [4.69, 9.17) is 10.5 Å². The van der Waals surface area contributed by atoms with Gasteiger partial charge < -0.3 is 10.5 Å². The molecule has 0 aliphatic rings. The van der Waals surface area contributed by atoms with Crippen molar-refractivity contribution in [1.29, 1.82) is 0 Å². The summed E-state index contributed by atoms with van der Waals surface area (Å²) < 4.78 is 18.6. The zero-order chi connectivity index (χ0) is 12.1. The maximum absolute atomic E-state index is 12.9. The number of halogens is 1. The van der Waals surface area contributed by atoms with Gasteiger partial charge in [0.1, 0.15) is 11.9 Å². The Bertz CT molecular complexity index is 441. The van der Waals surface area contributed by atoms with Crippen LogP contribution in [-0.2, 0) is 4.74 Å². The van der Waals surface area contributed by atoms with Gasteiger partial charge in [0.25, 0.3) is 0 Å². The molecule has 1 atom stereocenters. The fourth-order valence-corrected chi connectivity index (χ4v) is 2.41.